The molecule has 0 amide bonds. The van der Waals surface area contributed by atoms with Gasteiger partial charge < -0.3 is 25.5 Å². The molecule has 0 bridgehead atoms. The minimum atomic E-state index is -1.01. The van der Waals surface area contributed by atoms with Gasteiger partial charge in [-0.25, -0.2) is 0 Å². The van der Waals surface area contributed by atoms with Crippen LogP contribution in [0.15, 0.2) is 0 Å². The normalized spacial score (nSPS) is 51.3. The van der Waals surface area contributed by atoms with E-state index < -0.39 is 5.60 Å². The van der Waals surface area contributed by atoms with Crippen molar-refractivity contribution in [2.24, 2.45) is 46.3 Å². The van der Waals surface area contributed by atoms with Crippen molar-refractivity contribution in [3.63, 3.8) is 0 Å². The van der Waals surface area contributed by atoms with Gasteiger partial charge in [0.1, 0.15) is 0 Å². The predicted molar refractivity (Wildman–Crippen MR) is 125 cm³/mol. The molecular formula is C27H48O5. The van der Waals surface area contributed by atoms with Gasteiger partial charge in [-0.05, 0) is 105 Å². The van der Waals surface area contributed by atoms with Crippen molar-refractivity contribution in [2.45, 2.75) is 116 Å². The van der Waals surface area contributed by atoms with Crippen LogP contribution in [0.1, 0.15) is 91.9 Å². The van der Waals surface area contributed by atoms with Gasteiger partial charge in [-0.15, -0.1) is 0 Å². The zero-order chi connectivity index (χ0) is 23.5. The van der Waals surface area contributed by atoms with Gasteiger partial charge >= 0.3 is 0 Å². The third-order valence-corrected chi connectivity index (χ3v) is 11.2. The van der Waals surface area contributed by atoms with Crippen LogP contribution in [0.25, 0.3) is 0 Å². The molecule has 0 aliphatic heterocycles. The molecule has 12 atom stereocenters. The summed E-state index contributed by atoms with van der Waals surface area (Å²) in [6.07, 6.45) is 7.96. The Labute approximate surface area is 194 Å². The molecule has 0 aromatic rings. The maximum atomic E-state index is 11.6. The molecule has 0 heterocycles. The Morgan fingerprint density at radius 2 is 1.72 bits per heavy atom. The highest BCUT2D eigenvalue weighted by Gasteiger charge is 2.65. The molecule has 0 saturated heterocycles. The average Bonchev–Trinajstić information content (AvgIpc) is 3.08. The smallest absolute Gasteiger partial charge is 0.0849 e. The fourth-order valence-electron chi connectivity index (χ4n) is 9.22. The first-order valence-corrected chi connectivity index (χ1v) is 13.3. The molecule has 0 unspecified atom stereocenters. The van der Waals surface area contributed by atoms with Crippen molar-refractivity contribution < 1.29 is 25.5 Å². The van der Waals surface area contributed by atoms with Gasteiger partial charge in [-0.3, -0.25) is 0 Å². The van der Waals surface area contributed by atoms with Crippen LogP contribution in [0.4, 0.5) is 0 Å². The summed E-state index contributed by atoms with van der Waals surface area (Å²) in [6.45, 7) is 8.45. The van der Waals surface area contributed by atoms with Crippen molar-refractivity contribution in [3.8, 4) is 0 Å². The number of aliphatic hydroxyl groups is 5. The predicted octanol–water partition coefficient (Wildman–Crippen LogP) is 3.50. The Morgan fingerprint density at radius 3 is 2.41 bits per heavy atom. The van der Waals surface area contributed by atoms with E-state index in [9.17, 15) is 25.5 Å². The lowest BCUT2D eigenvalue weighted by Gasteiger charge is -2.63. The summed E-state index contributed by atoms with van der Waals surface area (Å²) in [5.74, 6) is 2.17. The molecule has 4 saturated carbocycles. The summed E-state index contributed by atoms with van der Waals surface area (Å²) in [6, 6.07) is 0. The molecule has 4 aliphatic rings. The van der Waals surface area contributed by atoms with E-state index in [0.717, 1.165) is 57.8 Å². The highest BCUT2D eigenvalue weighted by Crippen LogP contribution is 2.68. The first-order chi connectivity index (χ1) is 14.9. The molecule has 0 aromatic heterocycles. The third-order valence-electron chi connectivity index (χ3n) is 11.2. The largest absolute Gasteiger partial charge is 0.393 e. The molecule has 32 heavy (non-hydrogen) atoms. The van der Waals surface area contributed by atoms with Gasteiger partial charge in [-0.2, -0.15) is 0 Å². The fourth-order valence-corrected chi connectivity index (χ4v) is 9.22. The fraction of sp³-hybridized carbons (Fsp3) is 1.00. The second-order valence-electron chi connectivity index (χ2n) is 13.1. The van der Waals surface area contributed by atoms with Crippen molar-refractivity contribution in [2.75, 3.05) is 6.61 Å². The van der Waals surface area contributed by atoms with E-state index >= 15 is 0 Å². The molecule has 0 radical (unpaired) electrons. The first kappa shape index (κ1) is 24.9. The van der Waals surface area contributed by atoms with Gasteiger partial charge in [0.05, 0.1) is 30.5 Å². The van der Waals surface area contributed by atoms with Crippen LogP contribution in [0.5, 0.6) is 0 Å². The molecule has 4 rings (SSSR count). The van der Waals surface area contributed by atoms with Gasteiger partial charge in [-0.1, -0.05) is 33.6 Å². The highest BCUT2D eigenvalue weighted by atomic mass is 16.3. The molecule has 5 heteroatoms. The Balaban J connectivity index is 1.51. The lowest BCUT2D eigenvalue weighted by molar-refractivity contribution is -0.207. The summed E-state index contributed by atoms with van der Waals surface area (Å²) >= 11 is 0. The van der Waals surface area contributed by atoms with E-state index in [1.807, 2.05) is 0 Å². The minimum absolute atomic E-state index is 0.116. The van der Waals surface area contributed by atoms with Crippen molar-refractivity contribution in [1.29, 1.82) is 0 Å². The Kier molecular flexibility index (Phi) is 6.84. The molecule has 4 fully saturated rings. The summed E-state index contributed by atoms with van der Waals surface area (Å²) < 4.78 is 0. The maximum Gasteiger partial charge on any atom is 0.0849 e. The molecular weight excluding hydrogens is 404 g/mol. The van der Waals surface area contributed by atoms with Crippen molar-refractivity contribution in [1.82, 2.24) is 0 Å². The van der Waals surface area contributed by atoms with E-state index in [0.29, 0.717) is 36.0 Å². The van der Waals surface area contributed by atoms with Crippen LogP contribution < -0.4 is 0 Å². The maximum absolute atomic E-state index is 11.6. The van der Waals surface area contributed by atoms with E-state index in [1.54, 1.807) is 6.92 Å². The average molecular weight is 453 g/mol. The third kappa shape index (κ3) is 3.98. The SMILES string of the molecule is C[C@H](CCC[C@](C)(O)CO)[C@H]1CC[C@H]2[C@@H]3[C@H](O)C[C@@H]4C[C@H](O)CC[C@]4(C)[C@H]3C[C@H](O)[C@]12C. The number of aliphatic hydroxyl groups excluding tert-OH is 4. The van der Waals surface area contributed by atoms with Crippen molar-refractivity contribution >= 4 is 0 Å². The van der Waals surface area contributed by atoms with Gasteiger partial charge in [0.2, 0.25) is 0 Å². The molecule has 5 nitrogen and oxygen atoms in total. The summed E-state index contributed by atoms with van der Waals surface area (Å²) in [5.41, 5.74) is -1.06. The van der Waals surface area contributed by atoms with E-state index in [-0.39, 0.29) is 41.7 Å². The number of hydrogen-bond donors (Lipinski definition) is 5. The molecule has 186 valence electrons. The standard InChI is InChI=1S/C27H48O5/c1-16(6-5-10-25(2,32)15-28)19-7-8-20-24-21(14-23(31)27(19,20)4)26(3)11-9-18(29)12-17(26)13-22(24)30/h16-24,28-32H,5-15H2,1-4H3/t16-,17+,18-,19-,20+,21+,22-,23+,24+,25+,26+,27-/m1/s1. The van der Waals surface area contributed by atoms with Crippen LogP contribution in [0, 0.1) is 46.3 Å². The Hall–Kier alpha value is -0.200. The van der Waals surface area contributed by atoms with Gasteiger partial charge in [0.25, 0.3) is 0 Å². The van der Waals surface area contributed by atoms with Crippen molar-refractivity contribution in [3.05, 3.63) is 0 Å². The first-order valence-electron chi connectivity index (χ1n) is 13.3. The second kappa shape index (κ2) is 8.78. The lowest BCUT2D eigenvalue weighted by Crippen LogP contribution is -2.62. The van der Waals surface area contributed by atoms with Crippen LogP contribution in [0.2, 0.25) is 0 Å². The second-order valence-corrected chi connectivity index (χ2v) is 13.1. The van der Waals surface area contributed by atoms with Gasteiger partial charge in [0.15, 0.2) is 0 Å². The van der Waals surface area contributed by atoms with E-state index in [1.165, 1.54) is 0 Å². The molecule has 4 aliphatic carbocycles. The van der Waals surface area contributed by atoms with Crippen LogP contribution in [-0.4, -0.2) is 56.1 Å². The van der Waals surface area contributed by atoms with Crippen LogP contribution >= 0.6 is 0 Å². The van der Waals surface area contributed by atoms with Crippen LogP contribution in [-0.2, 0) is 0 Å². The topological polar surface area (TPSA) is 101 Å². The monoisotopic (exact) mass is 452 g/mol. The highest BCUT2D eigenvalue weighted by molar-refractivity contribution is 5.14. The number of rotatable bonds is 6. The summed E-state index contributed by atoms with van der Waals surface area (Å²) in [4.78, 5) is 0. The Bertz CT molecular complexity index is 666. The Morgan fingerprint density at radius 1 is 1.00 bits per heavy atom. The zero-order valence-electron chi connectivity index (χ0n) is 20.7. The summed E-state index contributed by atoms with van der Waals surface area (Å²) in [5, 5.41) is 52.7. The molecule has 0 aromatic carbocycles. The van der Waals surface area contributed by atoms with Gasteiger partial charge in [0, 0.05) is 0 Å². The number of hydrogen-bond acceptors (Lipinski definition) is 5. The molecule has 5 N–H and O–H groups in total. The summed E-state index contributed by atoms with van der Waals surface area (Å²) in [7, 11) is 0. The molecule has 0 spiro atoms. The lowest BCUT2D eigenvalue weighted by atomic mass is 9.43. The quantitative estimate of drug-likeness (QED) is 0.425. The minimum Gasteiger partial charge on any atom is -0.393 e. The van der Waals surface area contributed by atoms with E-state index in [4.69, 9.17) is 0 Å². The number of fused-ring (bicyclic) bond motifs is 5. The van der Waals surface area contributed by atoms with Crippen LogP contribution in [0.3, 0.4) is 0 Å². The zero-order valence-corrected chi connectivity index (χ0v) is 20.7. The van der Waals surface area contributed by atoms with E-state index in [2.05, 4.69) is 20.8 Å².